The molecule has 0 aliphatic rings. The summed E-state index contributed by atoms with van der Waals surface area (Å²) in [5.74, 6) is 0.633. The average Bonchev–Trinajstić information content (AvgIpc) is 3.32. The average molecular weight is 367 g/mol. The Morgan fingerprint density at radius 3 is 2.88 bits per heavy atom. The van der Waals surface area contributed by atoms with Gasteiger partial charge in [-0.25, -0.2) is 9.97 Å². The molecular formula is C18H17N5O2S. The fraction of sp³-hybridized carbons (Fsp3) is 0.222. The molecule has 1 aromatic carbocycles. The Kier molecular flexibility index (Phi) is 4.04. The topological polar surface area (TPSA) is 85.8 Å². The number of oxazole rings is 1. The molecule has 4 aromatic rings. The van der Waals surface area contributed by atoms with Crippen molar-refractivity contribution in [2.75, 3.05) is 5.32 Å². The third kappa shape index (κ3) is 3.11. The number of thiazole rings is 1. The van der Waals surface area contributed by atoms with Gasteiger partial charge in [-0.2, -0.15) is 5.10 Å². The van der Waals surface area contributed by atoms with Crippen LogP contribution in [0.3, 0.4) is 0 Å². The smallest absolute Gasteiger partial charge is 0.275 e. The number of anilines is 1. The van der Waals surface area contributed by atoms with E-state index in [0.29, 0.717) is 22.9 Å². The summed E-state index contributed by atoms with van der Waals surface area (Å²) in [5, 5.41) is 9.49. The second-order valence-electron chi connectivity index (χ2n) is 6.28. The molecule has 0 aliphatic carbocycles. The first-order chi connectivity index (χ1) is 12.5. The predicted molar refractivity (Wildman–Crippen MR) is 100 cm³/mol. The number of nitrogens with one attached hydrogen (secondary N) is 1. The molecule has 8 heteroatoms. The van der Waals surface area contributed by atoms with Crippen molar-refractivity contribution in [2.45, 2.75) is 19.8 Å². The number of rotatable bonds is 4. The monoisotopic (exact) mass is 367 g/mol. The minimum Gasteiger partial charge on any atom is -0.440 e. The molecule has 0 fully saturated rings. The van der Waals surface area contributed by atoms with Gasteiger partial charge >= 0.3 is 0 Å². The van der Waals surface area contributed by atoms with Crippen LogP contribution in [0.5, 0.6) is 0 Å². The summed E-state index contributed by atoms with van der Waals surface area (Å²) < 4.78 is 7.39. The van der Waals surface area contributed by atoms with Gasteiger partial charge in [0.2, 0.25) is 0 Å². The molecule has 0 spiro atoms. The van der Waals surface area contributed by atoms with E-state index in [9.17, 15) is 4.79 Å². The Balaban J connectivity index is 1.54. The van der Waals surface area contributed by atoms with Crippen LogP contribution in [-0.2, 0) is 7.05 Å². The van der Waals surface area contributed by atoms with Crippen LogP contribution in [0.15, 0.2) is 40.4 Å². The summed E-state index contributed by atoms with van der Waals surface area (Å²) >= 11 is 1.41. The molecular weight excluding hydrogens is 350 g/mol. The van der Waals surface area contributed by atoms with Crippen LogP contribution in [0, 0.1) is 0 Å². The number of hydrogen-bond donors (Lipinski definition) is 1. The Morgan fingerprint density at radius 1 is 1.31 bits per heavy atom. The number of benzene rings is 1. The molecule has 132 valence electrons. The van der Waals surface area contributed by atoms with Gasteiger partial charge in [0.05, 0.1) is 6.20 Å². The summed E-state index contributed by atoms with van der Waals surface area (Å²) in [6.07, 6.45) is 3.59. The van der Waals surface area contributed by atoms with Gasteiger partial charge in [-0.1, -0.05) is 13.8 Å². The molecule has 0 saturated carbocycles. The number of carbonyl (C=O) groups excluding carboxylic acids is 1. The van der Waals surface area contributed by atoms with Crippen LogP contribution in [-0.4, -0.2) is 25.7 Å². The zero-order chi connectivity index (χ0) is 18.3. The minimum absolute atomic E-state index is 0.210. The fourth-order valence-corrected chi connectivity index (χ4v) is 3.28. The molecule has 0 atom stereocenters. The van der Waals surface area contributed by atoms with Crippen molar-refractivity contribution in [1.29, 1.82) is 0 Å². The predicted octanol–water partition coefficient (Wildman–Crippen LogP) is 4.06. The third-order valence-electron chi connectivity index (χ3n) is 3.84. The lowest BCUT2D eigenvalue weighted by molar-refractivity contribution is 0.102. The van der Waals surface area contributed by atoms with E-state index in [1.54, 1.807) is 28.4 Å². The van der Waals surface area contributed by atoms with Gasteiger partial charge in [-0.15, -0.1) is 11.3 Å². The van der Waals surface area contributed by atoms with Crippen LogP contribution in [0.4, 0.5) is 5.69 Å². The van der Waals surface area contributed by atoms with E-state index in [0.717, 1.165) is 16.1 Å². The van der Waals surface area contributed by atoms with Crippen molar-refractivity contribution in [3.63, 3.8) is 0 Å². The Morgan fingerprint density at radius 2 is 2.15 bits per heavy atom. The van der Waals surface area contributed by atoms with Crippen LogP contribution in [0.1, 0.15) is 36.1 Å². The first-order valence-corrected chi connectivity index (χ1v) is 9.04. The lowest BCUT2D eigenvalue weighted by atomic mass is 10.2. The van der Waals surface area contributed by atoms with E-state index in [1.807, 2.05) is 33.2 Å². The Hall–Kier alpha value is -3.00. The molecule has 3 aromatic heterocycles. The van der Waals surface area contributed by atoms with E-state index >= 15 is 0 Å². The van der Waals surface area contributed by atoms with Crippen LogP contribution >= 0.6 is 11.3 Å². The second kappa shape index (κ2) is 6.38. The molecule has 1 N–H and O–H groups in total. The molecule has 3 heterocycles. The number of aromatic nitrogens is 4. The number of carbonyl (C=O) groups is 1. The first-order valence-electron chi connectivity index (χ1n) is 8.16. The Bertz CT molecular complexity index is 1090. The zero-order valence-electron chi connectivity index (χ0n) is 14.6. The highest BCUT2D eigenvalue weighted by molar-refractivity contribution is 7.13. The SMILES string of the molecule is CC(C)c1nc2cc(NC(=O)c3csc(-c4cnn(C)c4)n3)ccc2o1. The largest absolute Gasteiger partial charge is 0.440 e. The molecule has 7 nitrogen and oxygen atoms in total. The molecule has 0 radical (unpaired) electrons. The van der Waals surface area contributed by atoms with E-state index in [-0.39, 0.29) is 11.8 Å². The summed E-state index contributed by atoms with van der Waals surface area (Å²) in [5.41, 5.74) is 3.35. The standard InChI is InChI=1S/C18H17N5O2S/c1-10(2)17-21-13-6-12(4-5-15(13)25-17)20-16(24)14-9-26-18(22-14)11-7-19-23(3)8-11/h4-10H,1-3H3,(H,20,24). The lowest BCUT2D eigenvalue weighted by Gasteiger charge is -2.02. The normalized spacial score (nSPS) is 11.4. The molecule has 0 bridgehead atoms. The highest BCUT2D eigenvalue weighted by Crippen LogP contribution is 2.25. The van der Waals surface area contributed by atoms with E-state index in [4.69, 9.17) is 4.42 Å². The zero-order valence-corrected chi connectivity index (χ0v) is 15.4. The van der Waals surface area contributed by atoms with Crippen molar-refractivity contribution in [3.05, 3.63) is 47.6 Å². The van der Waals surface area contributed by atoms with Crippen molar-refractivity contribution >= 4 is 34.0 Å². The van der Waals surface area contributed by atoms with Gasteiger partial charge in [-0.3, -0.25) is 9.48 Å². The highest BCUT2D eigenvalue weighted by Gasteiger charge is 2.14. The van der Waals surface area contributed by atoms with E-state index in [1.165, 1.54) is 11.3 Å². The summed E-state index contributed by atoms with van der Waals surface area (Å²) in [6, 6.07) is 5.41. The molecule has 26 heavy (non-hydrogen) atoms. The van der Waals surface area contributed by atoms with Crippen molar-refractivity contribution in [3.8, 4) is 10.6 Å². The van der Waals surface area contributed by atoms with Crippen LogP contribution < -0.4 is 5.32 Å². The molecule has 0 unspecified atom stereocenters. The van der Waals surface area contributed by atoms with Gasteiger partial charge in [0.25, 0.3) is 5.91 Å². The molecule has 4 rings (SSSR count). The quantitative estimate of drug-likeness (QED) is 0.588. The minimum atomic E-state index is -0.261. The van der Waals surface area contributed by atoms with Gasteiger partial charge in [0.15, 0.2) is 11.5 Å². The number of fused-ring (bicyclic) bond motifs is 1. The van der Waals surface area contributed by atoms with Gasteiger partial charge in [-0.05, 0) is 18.2 Å². The van der Waals surface area contributed by atoms with E-state index in [2.05, 4.69) is 20.4 Å². The number of hydrogen-bond acceptors (Lipinski definition) is 6. The molecule has 1 amide bonds. The van der Waals surface area contributed by atoms with Crippen molar-refractivity contribution in [1.82, 2.24) is 19.7 Å². The maximum atomic E-state index is 12.5. The second-order valence-corrected chi connectivity index (χ2v) is 7.14. The summed E-state index contributed by atoms with van der Waals surface area (Å²) in [7, 11) is 1.84. The highest BCUT2D eigenvalue weighted by atomic mass is 32.1. The van der Waals surface area contributed by atoms with Crippen molar-refractivity contribution in [2.24, 2.45) is 7.05 Å². The molecule has 0 saturated heterocycles. The maximum absolute atomic E-state index is 12.5. The number of amides is 1. The first kappa shape index (κ1) is 16.5. The number of nitrogens with zero attached hydrogens (tertiary/aromatic N) is 4. The fourth-order valence-electron chi connectivity index (χ4n) is 2.51. The summed E-state index contributed by atoms with van der Waals surface area (Å²) in [6.45, 7) is 4.05. The van der Waals surface area contributed by atoms with Gasteiger partial charge < -0.3 is 9.73 Å². The van der Waals surface area contributed by atoms with Gasteiger partial charge in [0.1, 0.15) is 16.2 Å². The third-order valence-corrected chi connectivity index (χ3v) is 4.74. The van der Waals surface area contributed by atoms with Crippen molar-refractivity contribution < 1.29 is 9.21 Å². The van der Waals surface area contributed by atoms with Gasteiger partial charge in [0, 0.05) is 35.8 Å². The lowest BCUT2D eigenvalue weighted by Crippen LogP contribution is -2.12. The van der Waals surface area contributed by atoms with E-state index < -0.39 is 0 Å². The van der Waals surface area contributed by atoms with Crippen LogP contribution in [0.25, 0.3) is 21.7 Å². The summed E-state index contributed by atoms with van der Waals surface area (Å²) in [4.78, 5) is 21.3. The van der Waals surface area contributed by atoms with Crippen LogP contribution in [0.2, 0.25) is 0 Å². The number of aryl methyl sites for hydroxylation is 1. The Labute approximate surface area is 153 Å². The molecule has 0 aliphatic heterocycles. The maximum Gasteiger partial charge on any atom is 0.275 e.